The first-order valence-electron chi connectivity index (χ1n) is 5.94. The number of aromatic amines is 1. The van der Waals surface area contributed by atoms with Crippen molar-refractivity contribution < 1.29 is 0 Å². The minimum atomic E-state index is -0.307. The largest absolute Gasteiger partial charge is 0.384 e. The van der Waals surface area contributed by atoms with Crippen molar-refractivity contribution in [1.82, 2.24) is 19.9 Å². The normalized spacial score (nSPS) is 11.6. The average Bonchev–Trinajstić information content (AvgIpc) is 2.25. The molecule has 2 aromatic rings. The van der Waals surface area contributed by atoms with E-state index in [1.807, 2.05) is 20.8 Å². The fourth-order valence-corrected chi connectivity index (χ4v) is 2.24. The first-order valence-corrected chi connectivity index (χ1v) is 6.75. The SMILES string of the molecule is CC(C)(C)c1nc(N)cc(Sc2nc(N)cc(=O)[nH]2)n1. The summed E-state index contributed by atoms with van der Waals surface area (Å²) in [5.74, 6) is 1.17. The predicted molar refractivity (Wildman–Crippen MR) is 78.5 cm³/mol. The Morgan fingerprint density at radius 2 is 1.75 bits per heavy atom. The standard InChI is InChI=1S/C12H16N6OS/c1-12(2,3)10-15-7(14)5-9(18-10)20-11-16-6(13)4-8(19)17-11/h4-5H,1-3H3,(H2,14,15,18)(H3,13,16,17,19). The molecule has 0 spiro atoms. The molecule has 8 heteroatoms. The summed E-state index contributed by atoms with van der Waals surface area (Å²) in [4.78, 5) is 26.6. The van der Waals surface area contributed by atoms with E-state index in [1.54, 1.807) is 6.07 Å². The molecule has 0 bridgehead atoms. The first kappa shape index (κ1) is 14.3. The first-order chi connectivity index (χ1) is 9.24. The summed E-state index contributed by atoms with van der Waals surface area (Å²) >= 11 is 1.18. The number of hydrogen-bond acceptors (Lipinski definition) is 7. The summed E-state index contributed by atoms with van der Waals surface area (Å²) in [6, 6.07) is 2.85. The molecule has 0 aromatic carbocycles. The number of H-pyrrole nitrogens is 1. The van der Waals surface area contributed by atoms with Crippen LogP contribution >= 0.6 is 11.8 Å². The third-order valence-electron chi connectivity index (χ3n) is 2.33. The molecular weight excluding hydrogens is 276 g/mol. The maximum absolute atomic E-state index is 11.3. The van der Waals surface area contributed by atoms with Crippen LogP contribution in [0, 0.1) is 0 Å². The van der Waals surface area contributed by atoms with Gasteiger partial charge in [-0.1, -0.05) is 20.8 Å². The van der Waals surface area contributed by atoms with Gasteiger partial charge < -0.3 is 16.5 Å². The van der Waals surface area contributed by atoms with Crippen molar-refractivity contribution in [3.8, 4) is 0 Å². The number of anilines is 2. The van der Waals surface area contributed by atoms with Gasteiger partial charge >= 0.3 is 0 Å². The summed E-state index contributed by atoms with van der Waals surface area (Å²) in [5, 5.41) is 0.976. The van der Waals surface area contributed by atoms with E-state index in [-0.39, 0.29) is 16.8 Å². The topological polar surface area (TPSA) is 124 Å². The van der Waals surface area contributed by atoms with Gasteiger partial charge in [0.15, 0.2) is 5.16 Å². The van der Waals surface area contributed by atoms with E-state index < -0.39 is 0 Å². The van der Waals surface area contributed by atoms with E-state index in [2.05, 4.69) is 19.9 Å². The molecule has 20 heavy (non-hydrogen) atoms. The van der Waals surface area contributed by atoms with Crippen LogP contribution in [-0.4, -0.2) is 19.9 Å². The zero-order valence-electron chi connectivity index (χ0n) is 11.5. The molecule has 0 fully saturated rings. The molecule has 0 aliphatic rings. The van der Waals surface area contributed by atoms with Crippen molar-refractivity contribution in [2.45, 2.75) is 36.4 Å². The van der Waals surface area contributed by atoms with Gasteiger partial charge in [0.1, 0.15) is 22.5 Å². The predicted octanol–water partition coefficient (Wildman–Crippen LogP) is 1.17. The van der Waals surface area contributed by atoms with Crippen LogP contribution < -0.4 is 17.0 Å². The molecule has 0 saturated carbocycles. The van der Waals surface area contributed by atoms with Gasteiger partial charge in [-0.3, -0.25) is 4.79 Å². The Morgan fingerprint density at radius 3 is 2.35 bits per heavy atom. The number of hydrogen-bond donors (Lipinski definition) is 3. The molecule has 0 aliphatic carbocycles. The van der Waals surface area contributed by atoms with Crippen LogP contribution in [0.15, 0.2) is 27.1 Å². The number of rotatable bonds is 2. The van der Waals surface area contributed by atoms with Crippen LogP contribution in [0.5, 0.6) is 0 Å². The van der Waals surface area contributed by atoms with E-state index in [0.717, 1.165) is 0 Å². The van der Waals surface area contributed by atoms with Gasteiger partial charge in [-0.2, -0.15) is 0 Å². The van der Waals surface area contributed by atoms with Crippen LogP contribution in [0.3, 0.4) is 0 Å². The number of nitrogens with zero attached hydrogens (tertiary/aromatic N) is 3. The lowest BCUT2D eigenvalue weighted by molar-refractivity contribution is 0.539. The lowest BCUT2D eigenvalue weighted by Gasteiger charge is -2.17. The Kier molecular flexibility index (Phi) is 3.67. The third kappa shape index (κ3) is 3.47. The van der Waals surface area contributed by atoms with Crippen molar-refractivity contribution in [2.24, 2.45) is 0 Å². The Balaban J connectivity index is 2.38. The highest BCUT2D eigenvalue weighted by molar-refractivity contribution is 7.99. The van der Waals surface area contributed by atoms with E-state index >= 15 is 0 Å². The van der Waals surface area contributed by atoms with Gasteiger partial charge in [0.25, 0.3) is 5.56 Å². The summed E-state index contributed by atoms with van der Waals surface area (Å²) < 4.78 is 0. The fourth-order valence-electron chi connectivity index (χ4n) is 1.43. The molecule has 5 N–H and O–H groups in total. The van der Waals surface area contributed by atoms with Crippen LogP contribution in [0.1, 0.15) is 26.6 Å². The highest BCUT2D eigenvalue weighted by Crippen LogP contribution is 2.27. The van der Waals surface area contributed by atoms with Crippen LogP contribution in [-0.2, 0) is 5.41 Å². The Hall–Kier alpha value is -2.09. The second-order valence-electron chi connectivity index (χ2n) is 5.28. The van der Waals surface area contributed by atoms with Gasteiger partial charge in [0.2, 0.25) is 0 Å². The van der Waals surface area contributed by atoms with Crippen LogP contribution in [0.4, 0.5) is 11.6 Å². The van der Waals surface area contributed by atoms with Crippen molar-refractivity contribution in [2.75, 3.05) is 11.5 Å². The van der Waals surface area contributed by atoms with E-state index in [0.29, 0.717) is 21.8 Å². The quantitative estimate of drug-likeness (QED) is 0.560. The smallest absolute Gasteiger partial charge is 0.253 e. The Morgan fingerprint density at radius 1 is 1.10 bits per heavy atom. The minimum absolute atomic E-state index is 0.161. The maximum Gasteiger partial charge on any atom is 0.253 e. The lowest BCUT2D eigenvalue weighted by atomic mass is 9.96. The van der Waals surface area contributed by atoms with Gasteiger partial charge in [-0.05, 0) is 11.8 Å². The van der Waals surface area contributed by atoms with E-state index in [4.69, 9.17) is 11.5 Å². The summed E-state index contributed by atoms with van der Waals surface area (Å²) in [6.07, 6.45) is 0. The summed E-state index contributed by atoms with van der Waals surface area (Å²) in [6.45, 7) is 5.99. The average molecular weight is 292 g/mol. The molecule has 2 aromatic heterocycles. The zero-order chi connectivity index (χ0) is 14.9. The number of nitrogens with one attached hydrogen (secondary N) is 1. The third-order valence-corrected chi connectivity index (χ3v) is 3.14. The summed E-state index contributed by atoms with van der Waals surface area (Å²) in [7, 11) is 0. The van der Waals surface area contributed by atoms with E-state index in [1.165, 1.54) is 17.8 Å². The second-order valence-corrected chi connectivity index (χ2v) is 6.29. The molecular formula is C12H16N6OS. The Bertz CT molecular complexity index is 691. The van der Waals surface area contributed by atoms with Gasteiger partial charge in [-0.15, -0.1) is 0 Å². The van der Waals surface area contributed by atoms with E-state index in [9.17, 15) is 4.79 Å². The highest BCUT2D eigenvalue weighted by Gasteiger charge is 2.19. The fraction of sp³-hybridized carbons (Fsp3) is 0.333. The molecule has 0 amide bonds. The van der Waals surface area contributed by atoms with Gasteiger partial charge in [0, 0.05) is 17.5 Å². The zero-order valence-corrected chi connectivity index (χ0v) is 12.3. The molecule has 7 nitrogen and oxygen atoms in total. The molecule has 0 unspecified atom stereocenters. The Labute approximate surface area is 120 Å². The molecule has 106 valence electrons. The molecule has 0 saturated heterocycles. The highest BCUT2D eigenvalue weighted by atomic mass is 32.2. The molecule has 0 radical (unpaired) electrons. The van der Waals surface area contributed by atoms with Gasteiger partial charge in [0.05, 0.1) is 0 Å². The van der Waals surface area contributed by atoms with Gasteiger partial charge in [-0.25, -0.2) is 15.0 Å². The van der Waals surface area contributed by atoms with Crippen molar-refractivity contribution >= 4 is 23.4 Å². The maximum atomic E-state index is 11.3. The van der Waals surface area contributed by atoms with Crippen LogP contribution in [0.2, 0.25) is 0 Å². The number of nitrogen functional groups attached to an aromatic ring is 2. The minimum Gasteiger partial charge on any atom is -0.384 e. The second kappa shape index (κ2) is 5.12. The monoisotopic (exact) mass is 292 g/mol. The van der Waals surface area contributed by atoms with Crippen molar-refractivity contribution in [3.05, 3.63) is 28.3 Å². The number of aromatic nitrogens is 4. The molecule has 0 aliphatic heterocycles. The molecule has 0 atom stereocenters. The summed E-state index contributed by atoms with van der Waals surface area (Å²) in [5.41, 5.74) is 10.8. The number of nitrogens with two attached hydrogens (primary N) is 2. The van der Waals surface area contributed by atoms with Crippen LogP contribution in [0.25, 0.3) is 0 Å². The molecule has 2 rings (SSSR count). The van der Waals surface area contributed by atoms with Crippen molar-refractivity contribution in [3.63, 3.8) is 0 Å². The van der Waals surface area contributed by atoms with Crippen molar-refractivity contribution in [1.29, 1.82) is 0 Å². The molecule has 2 heterocycles. The lowest BCUT2D eigenvalue weighted by Crippen LogP contribution is -2.17.